The third kappa shape index (κ3) is 4.60. The number of rotatable bonds is 5. The molecular weight excluding hydrogens is 340 g/mol. The van der Waals surface area contributed by atoms with Crippen LogP contribution in [0.3, 0.4) is 0 Å². The van der Waals surface area contributed by atoms with Crippen LogP contribution >= 0.6 is 11.6 Å². The summed E-state index contributed by atoms with van der Waals surface area (Å²) in [5, 5.41) is 5.94. The van der Waals surface area contributed by atoms with E-state index in [1.54, 1.807) is 0 Å². The van der Waals surface area contributed by atoms with Crippen LogP contribution in [0.2, 0.25) is 5.02 Å². The van der Waals surface area contributed by atoms with Crippen molar-refractivity contribution in [1.82, 2.24) is 10.7 Å². The third-order valence-corrected chi connectivity index (χ3v) is 3.24. The van der Waals surface area contributed by atoms with E-state index < -0.39 is 30.0 Å². The van der Waals surface area contributed by atoms with E-state index in [0.29, 0.717) is 0 Å². The van der Waals surface area contributed by atoms with Crippen molar-refractivity contribution < 1.29 is 18.4 Å². The standard InChI is InChI=1S/C16H12ClF2N3O2/c17-12-5-3-7-14(19)11(12)8-21-22-15(23)9-20-16(24)10-4-1-2-6-13(10)18/h1-8H,9H2,(H,20,24)(H,22,23)/b21-8+. The van der Waals surface area contributed by atoms with E-state index in [0.717, 1.165) is 12.3 Å². The summed E-state index contributed by atoms with van der Waals surface area (Å²) in [4.78, 5) is 23.3. The molecule has 2 aromatic carbocycles. The lowest BCUT2D eigenvalue weighted by Crippen LogP contribution is -2.35. The molecule has 0 bridgehead atoms. The normalized spacial score (nSPS) is 10.6. The van der Waals surface area contributed by atoms with Gasteiger partial charge in [0.25, 0.3) is 11.8 Å². The Labute approximate surface area is 141 Å². The molecule has 2 amide bonds. The largest absolute Gasteiger partial charge is 0.343 e. The quantitative estimate of drug-likeness (QED) is 0.642. The van der Waals surface area contributed by atoms with Crippen molar-refractivity contribution >= 4 is 29.6 Å². The van der Waals surface area contributed by atoms with Gasteiger partial charge in [0.1, 0.15) is 11.6 Å². The van der Waals surface area contributed by atoms with Gasteiger partial charge in [0.2, 0.25) is 0 Å². The van der Waals surface area contributed by atoms with E-state index in [9.17, 15) is 18.4 Å². The summed E-state index contributed by atoms with van der Waals surface area (Å²) < 4.78 is 26.9. The van der Waals surface area contributed by atoms with Gasteiger partial charge in [0.05, 0.1) is 23.3 Å². The molecule has 5 nitrogen and oxygen atoms in total. The zero-order chi connectivity index (χ0) is 17.5. The topological polar surface area (TPSA) is 70.6 Å². The molecule has 24 heavy (non-hydrogen) atoms. The Morgan fingerprint density at radius 1 is 1.08 bits per heavy atom. The molecule has 0 aliphatic rings. The van der Waals surface area contributed by atoms with Gasteiger partial charge in [0, 0.05) is 5.56 Å². The van der Waals surface area contributed by atoms with Crippen LogP contribution in [0.25, 0.3) is 0 Å². The number of hydrogen-bond donors (Lipinski definition) is 2. The number of nitrogens with zero attached hydrogens (tertiary/aromatic N) is 1. The average molecular weight is 352 g/mol. The van der Waals surface area contributed by atoms with Gasteiger partial charge in [-0.25, -0.2) is 14.2 Å². The van der Waals surface area contributed by atoms with Gasteiger partial charge >= 0.3 is 0 Å². The van der Waals surface area contributed by atoms with Crippen molar-refractivity contribution in [1.29, 1.82) is 0 Å². The molecule has 0 aliphatic heterocycles. The molecule has 0 aromatic heterocycles. The number of hydrazone groups is 1. The molecule has 8 heteroatoms. The molecule has 0 spiro atoms. The summed E-state index contributed by atoms with van der Waals surface area (Å²) in [5.74, 6) is -2.68. The minimum atomic E-state index is -0.732. The molecule has 0 unspecified atom stereocenters. The Kier molecular flexibility index (Phi) is 5.97. The van der Waals surface area contributed by atoms with Crippen LogP contribution in [0.4, 0.5) is 8.78 Å². The van der Waals surface area contributed by atoms with E-state index in [-0.39, 0.29) is 16.1 Å². The van der Waals surface area contributed by atoms with Crippen molar-refractivity contribution in [3.05, 3.63) is 70.2 Å². The molecule has 0 heterocycles. The zero-order valence-corrected chi connectivity index (χ0v) is 13.0. The molecule has 0 fully saturated rings. The fourth-order valence-corrected chi connectivity index (χ4v) is 1.96. The number of nitrogens with one attached hydrogen (secondary N) is 2. The highest BCUT2D eigenvalue weighted by atomic mass is 35.5. The van der Waals surface area contributed by atoms with Crippen LogP contribution in [0.15, 0.2) is 47.6 Å². The Bertz CT molecular complexity index is 776. The lowest BCUT2D eigenvalue weighted by molar-refractivity contribution is -0.120. The van der Waals surface area contributed by atoms with Crippen LogP contribution in [0.5, 0.6) is 0 Å². The van der Waals surface area contributed by atoms with Crippen LogP contribution in [0, 0.1) is 11.6 Å². The van der Waals surface area contributed by atoms with Gasteiger partial charge in [-0.1, -0.05) is 29.8 Å². The van der Waals surface area contributed by atoms with E-state index in [1.807, 2.05) is 0 Å². The molecule has 0 saturated carbocycles. The molecule has 2 N–H and O–H groups in total. The monoisotopic (exact) mass is 351 g/mol. The molecule has 0 atom stereocenters. The van der Waals surface area contributed by atoms with Crippen molar-refractivity contribution in [2.24, 2.45) is 5.10 Å². The van der Waals surface area contributed by atoms with E-state index in [4.69, 9.17) is 11.6 Å². The SMILES string of the molecule is O=C(CNC(=O)c1ccccc1F)N/N=C/c1c(F)cccc1Cl. The summed E-state index contributed by atoms with van der Waals surface area (Å²) in [6, 6.07) is 9.48. The highest BCUT2D eigenvalue weighted by Crippen LogP contribution is 2.16. The Hall–Kier alpha value is -2.80. The fraction of sp³-hybridized carbons (Fsp3) is 0.0625. The van der Waals surface area contributed by atoms with Crippen LogP contribution in [0.1, 0.15) is 15.9 Å². The summed E-state index contributed by atoms with van der Waals surface area (Å²) >= 11 is 5.79. The molecule has 0 radical (unpaired) electrons. The van der Waals surface area contributed by atoms with Crippen molar-refractivity contribution in [2.75, 3.05) is 6.54 Å². The maximum absolute atomic E-state index is 13.5. The summed E-state index contributed by atoms with van der Waals surface area (Å²) in [6.07, 6.45) is 1.05. The summed E-state index contributed by atoms with van der Waals surface area (Å²) in [5.41, 5.74) is 1.95. The van der Waals surface area contributed by atoms with Crippen LogP contribution in [-0.4, -0.2) is 24.6 Å². The molecule has 124 valence electrons. The molecular formula is C16H12ClF2N3O2. The van der Waals surface area contributed by atoms with Gasteiger partial charge < -0.3 is 5.32 Å². The maximum Gasteiger partial charge on any atom is 0.259 e. The van der Waals surface area contributed by atoms with Crippen molar-refractivity contribution in [3.63, 3.8) is 0 Å². The van der Waals surface area contributed by atoms with Crippen LogP contribution in [-0.2, 0) is 4.79 Å². The molecule has 2 rings (SSSR count). The first-order valence-electron chi connectivity index (χ1n) is 6.77. The predicted molar refractivity (Wildman–Crippen MR) is 85.9 cm³/mol. The lowest BCUT2D eigenvalue weighted by Gasteiger charge is -2.05. The zero-order valence-electron chi connectivity index (χ0n) is 12.2. The number of carbonyl (C=O) groups is 2. The number of halogens is 3. The predicted octanol–water partition coefficient (Wildman–Crippen LogP) is 2.50. The number of hydrogen-bond acceptors (Lipinski definition) is 3. The van der Waals surface area contributed by atoms with E-state index in [1.165, 1.54) is 36.4 Å². The third-order valence-electron chi connectivity index (χ3n) is 2.91. The second-order valence-corrected chi connectivity index (χ2v) is 5.00. The first-order chi connectivity index (χ1) is 11.5. The Balaban J connectivity index is 1.87. The smallest absolute Gasteiger partial charge is 0.259 e. The number of benzene rings is 2. The first kappa shape index (κ1) is 17.6. The van der Waals surface area contributed by atoms with Gasteiger partial charge in [-0.3, -0.25) is 9.59 Å². The second-order valence-electron chi connectivity index (χ2n) is 4.59. The fourth-order valence-electron chi connectivity index (χ4n) is 1.74. The number of amides is 2. The highest BCUT2D eigenvalue weighted by Gasteiger charge is 2.11. The summed E-state index contributed by atoms with van der Waals surface area (Å²) in [6.45, 7) is -0.421. The Morgan fingerprint density at radius 3 is 2.50 bits per heavy atom. The minimum Gasteiger partial charge on any atom is -0.343 e. The average Bonchev–Trinajstić information content (AvgIpc) is 2.56. The first-order valence-corrected chi connectivity index (χ1v) is 7.15. The maximum atomic E-state index is 13.5. The number of carbonyl (C=O) groups excluding carboxylic acids is 2. The molecule has 0 aliphatic carbocycles. The lowest BCUT2D eigenvalue weighted by atomic mass is 10.2. The van der Waals surface area contributed by atoms with Crippen molar-refractivity contribution in [3.8, 4) is 0 Å². The van der Waals surface area contributed by atoms with Gasteiger partial charge in [-0.2, -0.15) is 5.10 Å². The molecule has 0 saturated heterocycles. The Morgan fingerprint density at radius 2 is 1.79 bits per heavy atom. The second kappa shape index (κ2) is 8.16. The van der Waals surface area contributed by atoms with E-state index in [2.05, 4.69) is 15.8 Å². The highest BCUT2D eigenvalue weighted by molar-refractivity contribution is 6.33. The summed E-state index contributed by atoms with van der Waals surface area (Å²) in [7, 11) is 0. The van der Waals surface area contributed by atoms with Gasteiger partial charge in [-0.15, -0.1) is 0 Å². The minimum absolute atomic E-state index is 0.0230. The van der Waals surface area contributed by atoms with E-state index >= 15 is 0 Å². The molecule has 2 aromatic rings. The van der Waals surface area contributed by atoms with Gasteiger partial charge in [0.15, 0.2) is 0 Å². The van der Waals surface area contributed by atoms with Gasteiger partial charge in [-0.05, 0) is 24.3 Å². The van der Waals surface area contributed by atoms with Crippen molar-refractivity contribution in [2.45, 2.75) is 0 Å². The van der Waals surface area contributed by atoms with Crippen LogP contribution < -0.4 is 10.7 Å².